The number of aliphatic carboxylic acids is 1. The normalized spacial score (nSPS) is 17.0. The fourth-order valence-electron chi connectivity index (χ4n) is 2.45. The van der Waals surface area contributed by atoms with E-state index in [0.29, 0.717) is 12.5 Å². The lowest BCUT2D eigenvalue weighted by Gasteiger charge is -2.21. The Morgan fingerprint density at radius 3 is 2.95 bits per heavy atom. The molecule has 1 aliphatic rings. The molecule has 0 bridgehead atoms. The average Bonchev–Trinajstić information content (AvgIpc) is 3.09. The lowest BCUT2D eigenvalue weighted by Crippen LogP contribution is -2.35. The fraction of sp³-hybridized carbons (Fsp3) is 0.571. The monoisotopic (exact) mass is 293 g/mol. The van der Waals surface area contributed by atoms with Gasteiger partial charge in [-0.15, -0.1) is 11.3 Å². The summed E-state index contributed by atoms with van der Waals surface area (Å²) in [6.07, 6.45) is 2.51. The van der Waals surface area contributed by atoms with Gasteiger partial charge < -0.3 is 5.11 Å². The molecule has 1 saturated carbocycles. The van der Waals surface area contributed by atoms with Crippen LogP contribution >= 0.6 is 11.3 Å². The van der Waals surface area contributed by atoms with Crippen molar-refractivity contribution in [2.45, 2.75) is 45.2 Å². The van der Waals surface area contributed by atoms with Crippen molar-refractivity contribution in [3.63, 3.8) is 0 Å². The van der Waals surface area contributed by atoms with Crippen LogP contribution in [-0.4, -0.2) is 38.4 Å². The minimum absolute atomic E-state index is 0.497. The van der Waals surface area contributed by atoms with Crippen LogP contribution in [0.1, 0.15) is 42.8 Å². The highest BCUT2D eigenvalue weighted by atomic mass is 32.1. The highest BCUT2D eigenvalue weighted by molar-refractivity contribution is 7.15. The maximum absolute atomic E-state index is 11.1. The Morgan fingerprint density at radius 1 is 1.65 bits per heavy atom. The highest BCUT2D eigenvalue weighted by Crippen LogP contribution is 2.42. The average molecular weight is 293 g/mol. The maximum atomic E-state index is 11.1. The standard InChI is InChI=1S/C14H19N3O2S/c1-8-11(6-16(3)9(2)13(18)19)17-12(10-4-5-10)7-20-14(17)15-8/h7,9-10H,4-6H2,1-3H3,(H,18,19). The fourth-order valence-corrected chi connectivity index (χ4v) is 3.49. The van der Waals surface area contributed by atoms with E-state index in [0.717, 1.165) is 16.3 Å². The van der Waals surface area contributed by atoms with E-state index >= 15 is 0 Å². The summed E-state index contributed by atoms with van der Waals surface area (Å²) in [6.45, 7) is 4.33. The molecule has 5 nitrogen and oxygen atoms in total. The van der Waals surface area contributed by atoms with Gasteiger partial charge in [0.15, 0.2) is 4.96 Å². The zero-order valence-electron chi connectivity index (χ0n) is 12.0. The van der Waals surface area contributed by atoms with Gasteiger partial charge in [0.1, 0.15) is 6.04 Å². The number of hydrogen-bond donors (Lipinski definition) is 1. The van der Waals surface area contributed by atoms with Crippen molar-refractivity contribution in [3.8, 4) is 0 Å². The zero-order chi connectivity index (χ0) is 14.4. The van der Waals surface area contributed by atoms with Crippen LogP contribution in [0.3, 0.4) is 0 Å². The molecular formula is C14H19N3O2S. The van der Waals surface area contributed by atoms with Gasteiger partial charge in [-0.3, -0.25) is 14.1 Å². The number of carboxylic acid groups (broad SMARTS) is 1. The molecule has 1 N–H and O–H groups in total. The third-order valence-electron chi connectivity index (χ3n) is 4.10. The number of carboxylic acids is 1. The number of nitrogens with zero attached hydrogens (tertiary/aromatic N) is 3. The summed E-state index contributed by atoms with van der Waals surface area (Å²) in [5, 5.41) is 11.3. The molecule has 6 heteroatoms. The summed E-state index contributed by atoms with van der Waals surface area (Å²) in [4.78, 5) is 18.6. The van der Waals surface area contributed by atoms with E-state index < -0.39 is 12.0 Å². The van der Waals surface area contributed by atoms with Crippen molar-refractivity contribution in [1.82, 2.24) is 14.3 Å². The number of rotatable bonds is 5. The van der Waals surface area contributed by atoms with Crippen LogP contribution in [-0.2, 0) is 11.3 Å². The molecule has 0 aliphatic heterocycles. The Balaban J connectivity index is 1.95. The first-order chi connectivity index (χ1) is 9.49. The molecule has 0 saturated heterocycles. The van der Waals surface area contributed by atoms with Gasteiger partial charge in [-0.05, 0) is 33.7 Å². The molecular weight excluding hydrogens is 274 g/mol. The second-order valence-corrected chi connectivity index (χ2v) is 6.46. The Morgan fingerprint density at radius 2 is 2.35 bits per heavy atom. The van der Waals surface area contributed by atoms with E-state index in [2.05, 4.69) is 14.8 Å². The van der Waals surface area contributed by atoms with Gasteiger partial charge in [-0.1, -0.05) is 0 Å². The van der Waals surface area contributed by atoms with Gasteiger partial charge in [0, 0.05) is 23.5 Å². The molecule has 3 rings (SSSR count). The van der Waals surface area contributed by atoms with Crippen molar-refractivity contribution in [2.24, 2.45) is 0 Å². The summed E-state index contributed by atoms with van der Waals surface area (Å²) in [5.41, 5.74) is 3.47. The van der Waals surface area contributed by atoms with E-state index in [1.54, 1.807) is 18.3 Å². The minimum atomic E-state index is -0.793. The molecule has 0 amide bonds. The summed E-state index contributed by atoms with van der Waals surface area (Å²) < 4.78 is 2.24. The smallest absolute Gasteiger partial charge is 0.320 e. The van der Waals surface area contributed by atoms with Crippen LogP contribution in [0.25, 0.3) is 4.96 Å². The molecule has 1 fully saturated rings. The van der Waals surface area contributed by atoms with Crippen LogP contribution in [0.2, 0.25) is 0 Å². The van der Waals surface area contributed by atoms with E-state index in [4.69, 9.17) is 5.11 Å². The third-order valence-corrected chi connectivity index (χ3v) is 4.94. The molecule has 0 aromatic carbocycles. The van der Waals surface area contributed by atoms with E-state index in [1.807, 2.05) is 18.9 Å². The van der Waals surface area contributed by atoms with Crippen LogP contribution in [0, 0.1) is 6.92 Å². The van der Waals surface area contributed by atoms with Crippen LogP contribution < -0.4 is 0 Å². The van der Waals surface area contributed by atoms with Crippen LogP contribution in [0.5, 0.6) is 0 Å². The molecule has 0 spiro atoms. The first-order valence-electron chi connectivity index (χ1n) is 6.87. The largest absolute Gasteiger partial charge is 0.480 e. The first kappa shape index (κ1) is 13.6. The van der Waals surface area contributed by atoms with Gasteiger partial charge >= 0.3 is 5.97 Å². The molecule has 1 aliphatic carbocycles. The highest BCUT2D eigenvalue weighted by Gasteiger charge is 2.29. The topological polar surface area (TPSA) is 57.8 Å². The second-order valence-electron chi connectivity index (χ2n) is 5.63. The number of thiazole rings is 1. The summed E-state index contributed by atoms with van der Waals surface area (Å²) >= 11 is 1.68. The second kappa shape index (κ2) is 4.86. The van der Waals surface area contributed by atoms with Gasteiger partial charge in [0.25, 0.3) is 0 Å². The predicted molar refractivity (Wildman–Crippen MR) is 78.3 cm³/mol. The van der Waals surface area contributed by atoms with Gasteiger partial charge in [0.05, 0.1) is 11.4 Å². The Kier molecular flexibility index (Phi) is 3.30. The predicted octanol–water partition coefficient (Wildman–Crippen LogP) is 2.49. The molecule has 2 heterocycles. The lowest BCUT2D eigenvalue weighted by atomic mass is 10.2. The minimum Gasteiger partial charge on any atom is -0.480 e. The van der Waals surface area contributed by atoms with Crippen molar-refractivity contribution in [2.75, 3.05) is 7.05 Å². The Labute approximate surface area is 121 Å². The molecule has 2 aromatic rings. The molecule has 2 aromatic heterocycles. The SMILES string of the molecule is Cc1nc2scc(C3CC3)n2c1CN(C)C(C)C(=O)O. The van der Waals surface area contributed by atoms with Crippen LogP contribution in [0.4, 0.5) is 0 Å². The quantitative estimate of drug-likeness (QED) is 0.920. The van der Waals surface area contributed by atoms with Crippen molar-refractivity contribution >= 4 is 22.3 Å². The van der Waals surface area contributed by atoms with Gasteiger partial charge in [0.2, 0.25) is 0 Å². The molecule has 1 atom stereocenters. The van der Waals surface area contributed by atoms with Crippen LogP contribution in [0.15, 0.2) is 5.38 Å². The number of aryl methyl sites for hydroxylation is 1. The number of carbonyl (C=O) groups is 1. The van der Waals surface area contributed by atoms with Gasteiger partial charge in [-0.25, -0.2) is 4.98 Å². The number of imidazole rings is 1. The van der Waals surface area contributed by atoms with E-state index in [-0.39, 0.29) is 0 Å². The number of fused-ring (bicyclic) bond motifs is 1. The number of aromatic nitrogens is 2. The van der Waals surface area contributed by atoms with Crippen molar-refractivity contribution in [3.05, 3.63) is 22.5 Å². The van der Waals surface area contributed by atoms with Crippen molar-refractivity contribution in [1.29, 1.82) is 0 Å². The summed E-state index contributed by atoms with van der Waals surface area (Å²) in [5.74, 6) is -0.128. The molecule has 20 heavy (non-hydrogen) atoms. The molecule has 1 unspecified atom stereocenters. The third kappa shape index (κ3) is 2.23. The first-order valence-corrected chi connectivity index (χ1v) is 7.75. The number of likely N-dealkylation sites (N-methyl/N-ethyl adjacent to an activating group) is 1. The summed E-state index contributed by atoms with van der Waals surface area (Å²) in [6, 6.07) is -0.497. The Hall–Kier alpha value is -1.40. The lowest BCUT2D eigenvalue weighted by molar-refractivity contribution is -0.142. The maximum Gasteiger partial charge on any atom is 0.320 e. The number of hydrogen-bond acceptors (Lipinski definition) is 4. The zero-order valence-corrected chi connectivity index (χ0v) is 12.8. The summed E-state index contributed by atoms with van der Waals surface area (Å²) in [7, 11) is 1.85. The Bertz CT molecular complexity index is 657. The van der Waals surface area contributed by atoms with E-state index in [9.17, 15) is 4.79 Å². The van der Waals surface area contributed by atoms with Gasteiger partial charge in [-0.2, -0.15) is 0 Å². The van der Waals surface area contributed by atoms with Crippen molar-refractivity contribution < 1.29 is 9.90 Å². The molecule has 108 valence electrons. The molecule has 0 radical (unpaired) electrons. The van der Waals surface area contributed by atoms with E-state index in [1.165, 1.54) is 18.5 Å².